The van der Waals surface area contributed by atoms with Crippen LogP contribution in [0.3, 0.4) is 0 Å². The lowest BCUT2D eigenvalue weighted by Crippen LogP contribution is -2.30. The predicted molar refractivity (Wildman–Crippen MR) is 49.7 cm³/mol. The zero-order valence-electron chi connectivity index (χ0n) is 8.48. The zero-order chi connectivity index (χ0) is 10.8. The lowest BCUT2D eigenvalue weighted by atomic mass is 10.4. The van der Waals surface area contributed by atoms with Crippen molar-refractivity contribution >= 4 is 10.0 Å². The van der Waals surface area contributed by atoms with Crippen LogP contribution in [-0.4, -0.2) is 19.4 Å². The number of hydrogen-bond donors (Lipinski definition) is 1. The van der Waals surface area contributed by atoms with Gasteiger partial charge in [0.1, 0.15) is 4.90 Å². The van der Waals surface area contributed by atoms with E-state index in [1.807, 2.05) is 0 Å². The molecule has 0 bridgehead atoms. The summed E-state index contributed by atoms with van der Waals surface area (Å²) in [5.74, 6) is 0. The van der Waals surface area contributed by atoms with Crippen LogP contribution in [0.1, 0.15) is 15.2 Å². The Balaban J connectivity index is 2.99. The van der Waals surface area contributed by atoms with E-state index in [0.29, 0.717) is 0 Å². The van der Waals surface area contributed by atoms with Gasteiger partial charge in [0, 0.05) is 19.8 Å². The van der Waals surface area contributed by atoms with Crippen molar-refractivity contribution < 1.29 is 9.79 Å². The van der Waals surface area contributed by atoms with Gasteiger partial charge in [-0.05, 0) is 26.0 Å². The summed E-state index contributed by atoms with van der Waals surface area (Å²) in [6.07, 6.45) is 2.74. The molecule has 0 amide bonds. The minimum Gasteiger partial charge on any atom is -0.263 e. The number of nitrogens with one attached hydrogen (secondary N) is 1. The molecule has 0 saturated carbocycles. The molecule has 1 aromatic rings. The average Bonchev–Trinajstić information content (AvgIpc) is 2.01. The summed E-state index contributed by atoms with van der Waals surface area (Å²) >= 11 is 0. The van der Waals surface area contributed by atoms with Gasteiger partial charge in [0.15, 0.2) is 0 Å². The van der Waals surface area contributed by atoms with Crippen molar-refractivity contribution in [1.82, 2.24) is 9.71 Å². The highest BCUT2D eigenvalue weighted by atomic mass is 32.2. The monoisotopic (exact) mass is 201 g/mol. The van der Waals surface area contributed by atoms with Gasteiger partial charge >= 0.3 is 0 Å². The largest absolute Gasteiger partial charge is 0.263 e. The van der Waals surface area contributed by atoms with E-state index in [1.165, 1.54) is 38.4 Å². The second kappa shape index (κ2) is 3.85. The fourth-order valence-corrected chi connectivity index (χ4v) is 1.95. The Morgan fingerprint density at radius 1 is 1.62 bits per heavy atom. The highest BCUT2D eigenvalue weighted by Gasteiger charge is 2.14. The summed E-state index contributed by atoms with van der Waals surface area (Å²) in [6, 6.07) is 1.74. The van der Waals surface area contributed by atoms with Gasteiger partial charge in [0.2, 0.25) is 10.0 Å². The molecule has 13 heavy (non-hydrogen) atoms. The SMILES string of the molecule is [2H]C(C)(C)NS(=O)(=O)c1cccnc1. The van der Waals surface area contributed by atoms with Crippen molar-refractivity contribution in [3.63, 3.8) is 0 Å². The van der Waals surface area contributed by atoms with Gasteiger partial charge in [0.05, 0.1) is 0 Å². The molecule has 0 aliphatic rings. The normalized spacial score (nSPS) is 13.8. The average molecular weight is 201 g/mol. The standard InChI is InChI=1S/C8H12N2O2S/c1-7(2)10-13(11,12)8-4-3-5-9-6-8/h3-7,10H,1-2H3/i7D. The van der Waals surface area contributed by atoms with E-state index < -0.39 is 16.0 Å². The molecule has 1 rings (SSSR count). The Hall–Kier alpha value is -0.940. The predicted octanol–water partition coefficient (Wildman–Crippen LogP) is 0.768. The molecule has 0 aromatic carbocycles. The number of nitrogens with zero attached hydrogens (tertiary/aromatic N) is 1. The Morgan fingerprint density at radius 2 is 2.31 bits per heavy atom. The molecule has 0 radical (unpaired) electrons. The molecular formula is C8H12N2O2S. The van der Waals surface area contributed by atoms with E-state index in [9.17, 15) is 8.42 Å². The van der Waals surface area contributed by atoms with Gasteiger partial charge in [0.25, 0.3) is 0 Å². The number of pyridine rings is 1. The van der Waals surface area contributed by atoms with Gasteiger partial charge in [-0.3, -0.25) is 4.98 Å². The van der Waals surface area contributed by atoms with Crippen LogP contribution < -0.4 is 4.72 Å². The molecule has 5 heteroatoms. The topological polar surface area (TPSA) is 59.1 Å². The molecule has 0 atom stereocenters. The van der Waals surface area contributed by atoms with Crippen molar-refractivity contribution in [2.45, 2.75) is 24.8 Å². The summed E-state index contributed by atoms with van der Waals surface area (Å²) in [6.45, 7) is 2.92. The van der Waals surface area contributed by atoms with Gasteiger partial charge in [-0.25, -0.2) is 13.1 Å². The van der Waals surface area contributed by atoms with Gasteiger partial charge < -0.3 is 0 Å². The summed E-state index contributed by atoms with van der Waals surface area (Å²) in [5, 5.41) is 0. The lowest BCUT2D eigenvalue weighted by molar-refractivity contribution is 0.569. The molecule has 0 aliphatic carbocycles. The summed E-state index contributed by atoms with van der Waals surface area (Å²) in [5.41, 5.74) is 0. The molecule has 0 spiro atoms. The van der Waals surface area contributed by atoms with E-state index in [2.05, 4.69) is 9.71 Å². The number of sulfonamides is 1. The first-order valence-corrected chi connectivity index (χ1v) is 5.24. The molecule has 0 aliphatic heterocycles. The van der Waals surface area contributed by atoms with E-state index in [4.69, 9.17) is 1.37 Å². The molecule has 0 fully saturated rings. The number of aromatic nitrogens is 1. The maximum atomic E-state index is 11.6. The van der Waals surface area contributed by atoms with Crippen LogP contribution in [0, 0.1) is 0 Å². The highest BCUT2D eigenvalue weighted by molar-refractivity contribution is 7.89. The fraction of sp³-hybridized carbons (Fsp3) is 0.375. The van der Waals surface area contributed by atoms with Crippen molar-refractivity contribution in [1.29, 1.82) is 0 Å². The third-order valence-electron chi connectivity index (χ3n) is 1.28. The summed E-state index contributed by atoms with van der Waals surface area (Å²) in [4.78, 5) is 3.77. The number of hydrogen-bond acceptors (Lipinski definition) is 3. The third-order valence-corrected chi connectivity index (χ3v) is 2.82. The smallest absolute Gasteiger partial charge is 0.242 e. The minimum atomic E-state index is -3.62. The molecule has 1 heterocycles. The fourth-order valence-electron chi connectivity index (χ4n) is 0.834. The Morgan fingerprint density at radius 3 is 2.77 bits per heavy atom. The van der Waals surface area contributed by atoms with Crippen molar-refractivity contribution in [2.75, 3.05) is 0 Å². The van der Waals surface area contributed by atoms with E-state index in [-0.39, 0.29) is 4.90 Å². The Kier molecular flexibility index (Phi) is 2.56. The molecule has 0 saturated heterocycles. The van der Waals surface area contributed by atoms with Crippen LogP contribution in [0.2, 0.25) is 0 Å². The zero-order valence-corrected chi connectivity index (χ0v) is 8.30. The highest BCUT2D eigenvalue weighted by Crippen LogP contribution is 2.05. The van der Waals surface area contributed by atoms with Crippen LogP contribution in [0.5, 0.6) is 0 Å². The first-order chi connectivity index (χ1) is 6.31. The van der Waals surface area contributed by atoms with Crippen LogP contribution in [0.25, 0.3) is 0 Å². The van der Waals surface area contributed by atoms with Crippen LogP contribution in [0.4, 0.5) is 0 Å². The first-order valence-electron chi connectivity index (χ1n) is 4.25. The van der Waals surface area contributed by atoms with E-state index in [0.717, 1.165) is 0 Å². The summed E-state index contributed by atoms with van der Waals surface area (Å²) < 4.78 is 32.8. The van der Waals surface area contributed by atoms with Crippen LogP contribution in [0.15, 0.2) is 29.4 Å². The maximum absolute atomic E-state index is 11.6. The molecular weight excluding hydrogens is 188 g/mol. The molecule has 4 nitrogen and oxygen atoms in total. The quantitative estimate of drug-likeness (QED) is 0.785. The van der Waals surface area contributed by atoms with E-state index >= 15 is 0 Å². The van der Waals surface area contributed by atoms with Gasteiger partial charge in [-0.2, -0.15) is 0 Å². The van der Waals surface area contributed by atoms with Crippen LogP contribution >= 0.6 is 0 Å². The first kappa shape index (κ1) is 8.65. The Labute approximate surface area is 79.5 Å². The third kappa shape index (κ3) is 2.78. The number of rotatable bonds is 3. The molecule has 1 aromatic heterocycles. The van der Waals surface area contributed by atoms with Gasteiger partial charge in [-0.1, -0.05) is 0 Å². The van der Waals surface area contributed by atoms with Crippen LogP contribution in [-0.2, 0) is 10.0 Å². The second-order valence-corrected chi connectivity index (χ2v) is 4.48. The van der Waals surface area contributed by atoms with E-state index in [1.54, 1.807) is 0 Å². The summed E-state index contributed by atoms with van der Waals surface area (Å²) in [7, 11) is -3.62. The van der Waals surface area contributed by atoms with Crippen molar-refractivity contribution in [2.24, 2.45) is 0 Å². The molecule has 1 N–H and O–H groups in total. The maximum Gasteiger partial charge on any atom is 0.242 e. The second-order valence-electron chi connectivity index (χ2n) is 2.79. The Bertz CT molecular complexity index is 397. The lowest BCUT2D eigenvalue weighted by Gasteiger charge is -2.08. The minimum absolute atomic E-state index is 0.0697. The molecule has 0 unspecified atom stereocenters. The molecule has 72 valence electrons. The van der Waals surface area contributed by atoms with Crippen molar-refractivity contribution in [3.05, 3.63) is 24.5 Å². The van der Waals surface area contributed by atoms with Gasteiger partial charge in [-0.15, -0.1) is 0 Å². The van der Waals surface area contributed by atoms with Crippen molar-refractivity contribution in [3.8, 4) is 0 Å².